The Morgan fingerprint density at radius 2 is 1.72 bits per heavy atom. The molecule has 0 saturated carbocycles. The number of hydrogen-bond donors (Lipinski definition) is 0. The van der Waals surface area contributed by atoms with Gasteiger partial charge in [0.25, 0.3) is 0 Å². The van der Waals surface area contributed by atoms with Gasteiger partial charge in [-0.2, -0.15) is 0 Å². The molecule has 5 nitrogen and oxygen atoms in total. The highest BCUT2D eigenvalue weighted by atomic mass is 32.2. The average Bonchev–Trinajstić information content (AvgIpc) is 3.14. The third kappa shape index (κ3) is 5.19. The minimum atomic E-state index is -0.672. The van der Waals surface area contributed by atoms with Gasteiger partial charge in [-0.15, -0.1) is 23.5 Å². The van der Waals surface area contributed by atoms with Gasteiger partial charge >= 0.3 is 11.9 Å². The first kappa shape index (κ1) is 19.7. The van der Waals surface area contributed by atoms with Crippen LogP contribution in [0.25, 0.3) is 6.08 Å². The summed E-state index contributed by atoms with van der Waals surface area (Å²) in [6, 6.07) is 5.62. The van der Waals surface area contributed by atoms with Gasteiger partial charge in [-0.3, -0.25) is 0 Å². The summed E-state index contributed by atoms with van der Waals surface area (Å²) in [5.74, 6) is 1.54. The van der Waals surface area contributed by atoms with Crippen molar-refractivity contribution in [3.63, 3.8) is 0 Å². The highest BCUT2D eigenvalue weighted by Crippen LogP contribution is 2.47. The predicted molar refractivity (Wildman–Crippen MR) is 102 cm³/mol. The molecule has 1 fully saturated rings. The Balaban J connectivity index is 2.46. The molecule has 2 rings (SSSR count). The Bertz CT molecular complexity index is 631. The highest BCUT2D eigenvalue weighted by molar-refractivity contribution is 8.19. The Morgan fingerprint density at radius 3 is 2.24 bits per heavy atom. The molecule has 0 atom stereocenters. The number of hydrogen-bond acceptors (Lipinski definition) is 7. The number of benzene rings is 1. The summed E-state index contributed by atoms with van der Waals surface area (Å²) >= 11 is 3.68. The van der Waals surface area contributed by atoms with Crippen LogP contribution < -0.4 is 4.74 Å². The number of thioether (sulfide) groups is 2. The molecule has 136 valence electrons. The molecule has 0 spiro atoms. The Labute approximate surface area is 156 Å². The summed E-state index contributed by atoms with van der Waals surface area (Å²) in [7, 11) is 1.62. The molecule has 1 heterocycles. The summed E-state index contributed by atoms with van der Waals surface area (Å²) in [4.78, 5) is 24.4. The fourth-order valence-corrected chi connectivity index (χ4v) is 5.26. The lowest BCUT2D eigenvalue weighted by atomic mass is 10.0. The first-order chi connectivity index (χ1) is 12.1. The summed E-state index contributed by atoms with van der Waals surface area (Å²) in [6.45, 7) is 3.79. The number of methoxy groups -OCH3 is 1. The van der Waals surface area contributed by atoms with E-state index in [4.69, 9.17) is 14.2 Å². The third-order valence-electron chi connectivity index (χ3n) is 3.46. The molecular formula is C18H22O5S2. The van der Waals surface area contributed by atoms with E-state index in [1.807, 2.05) is 41.7 Å². The number of ether oxygens (including phenoxy) is 3. The first-order valence-electron chi connectivity index (χ1n) is 8.07. The van der Waals surface area contributed by atoms with Gasteiger partial charge in [0.2, 0.25) is 0 Å². The van der Waals surface area contributed by atoms with Crippen LogP contribution in [-0.2, 0) is 19.1 Å². The first-order valence-corrected chi connectivity index (χ1v) is 10.2. The van der Waals surface area contributed by atoms with E-state index in [1.54, 1.807) is 27.0 Å². The van der Waals surface area contributed by atoms with E-state index >= 15 is 0 Å². The molecule has 0 unspecified atom stereocenters. The SMILES string of the molecule is CCOC(=O)C(=Cc1ccc(OC)cc1C1SCCS1)C(=O)OCC. The monoisotopic (exact) mass is 382 g/mol. The molecule has 1 aromatic rings. The maximum Gasteiger partial charge on any atom is 0.345 e. The second-order valence-electron chi connectivity index (χ2n) is 5.07. The molecule has 0 radical (unpaired) electrons. The molecule has 0 amide bonds. The van der Waals surface area contributed by atoms with E-state index in [0.717, 1.165) is 28.4 Å². The molecule has 25 heavy (non-hydrogen) atoms. The van der Waals surface area contributed by atoms with Crippen LogP contribution in [0.4, 0.5) is 0 Å². The van der Waals surface area contributed by atoms with Crippen molar-refractivity contribution in [2.75, 3.05) is 31.8 Å². The van der Waals surface area contributed by atoms with Crippen molar-refractivity contribution >= 4 is 41.5 Å². The number of carbonyl (C=O) groups excluding carboxylic acids is 2. The van der Waals surface area contributed by atoms with Crippen LogP contribution in [0.2, 0.25) is 0 Å². The van der Waals surface area contributed by atoms with Crippen molar-refractivity contribution in [1.29, 1.82) is 0 Å². The van der Waals surface area contributed by atoms with Gasteiger partial charge in [0.1, 0.15) is 11.3 Å². The molecule has 1 aliphatic rings. The van der Waals surface area contributed by atoms with Crippen LogP contribution >= 0.6 is 23.5 Å². The molecule has 1 saturated heterocycles. The van der Waals surface area contributed by atoms with Crippen molar-refractivity contribution in [2.45, 2.75) is 18.4 Å². The fourth-order valence-electron chi connectivity index (χ4n) is 2.33. The zero-order valence-electron chi connectivity index (χ0n) is 14.6. The van der Waals surface area contributed by atoms with Crippen molar-refractivity contribution in [1.82, 2.24) is 0 Å². The van der Waals surface area contributed by atoms with E-state index in [-0.39, 0.29) is 23.4 Å². The number of carbonyl (C=O) groups is 2. The van der Waals surface area contributed by atoms with Crippen LogP contribution in [0.1, 0.15) is 29.6 Å². The van der Waals surface area contributed by atoms with Gasteiger partial charge in [-0.1, -0.05) is 6.07 Å². The standard InChI is InChI=1S/C18H22O5S2/c1-4-22-16(19)15(17(20)23-5-2)10-12-6-7-13(21-3)11-14(12)18-24-8-9-25-18/h6-7,10-11,18H,4-5,8-9H2,1-3H3. The van der Waals surface area contributed by atoms with Gasteiger partial charge in [-0.25, -0.2) is 9.59 Å². The van der Waals surface area contributed by atoms with Crippen LogP contribution in [0.15, 0.2) is 23.8 Å². The third-order valence-corrected chi connectivity index (χ3v) is 6.53. The van der Waals surface area contributed by atoms with Crippen molar-refractivity contribution in [3.8, 4) is 5.75 Å². The Morgan fingerprint density at radius 1 is 1.12 bits per heavy atom. The van der Waals surface area contributed by atoms with Gasteiger partial charge in [0.05, 0.1) is 24.9 Å². The van der Waals surface area contributed by atoms with Crippen LogP contribution in [0.3, 0.4) is 0 Å². The van der Waals surface area contributed by atoms with Crippen molar-refractivity contribution < 1.29 is 23.8 Å². The number of esters is 2. The second-order valence-corrected chi connectivity index (χ2v) is 7.79. The van der Waals surface area contributed by atoms with Crippen LogP contribution in [0, 0.1) is 0 Å². The van der Waals surface area contributed by atoms with Crippen molar-refractivity contribution in [2.24, 2.45) is 0 Å². The quantitative estimate of drug-likeness (QED) is 0.308. The zero-order chi connectivity index (χ0) is 18.2. The average molecular weight is 383 g/mol. The summed E-state index contributed by atoms with van der Waals surface area (Å²) in [5, 5.41) is 0. The molecule has 1 aromatic carbocycles. The van der Waals surface area contributed by atoms with E-state index in [0.29, 0.717) is 0 Å². The Hall–Kier alpha value is -1.60. The Kier molecular flexibility index (Phi) is 7.71. The van der Waals surface area contributed by atoms with Crippen molar-refractivity contribution in [3.05, 3.63) is 34.9 Å². The summed E-state index contributed by atoms with van der Waals surface area (Å²) in [5.41, 5.74) is 1.73. The summed E-state index contributed by atoms with van der Waals surface area (Å²) in [6.07, 6.45) is 1.56. The summed E-state index contributed by atoms with van der Waals surface area (Å²) < 4.78 is 15.6. The molecule has 7 heteroatoms. The fraction of sp³-hybridized carbons (Fsp3) is 0.444. The lowest BCUT2D eigenvalue weighted by molar-refractivity contribution is -0.146. The molecule has 0 bridgehead atoms. The van der Waals surface area contributed by atoms with Gasteiger partial charge in [-0.05, 0) is 43.2 Å². The van der Waals surface area contributed by atoms with E-state index in [1.165, 1.54) is 0 Å². The normalized spacial score (nSPS) is 14.0. The lowest BCUT2D eigenvalue weighted by Crippen LogP contribution is -2.18. The maximum absolute atomic E-state index is 12.2. The van der Waals surface area contributed by atoms with Crippen LogP contribution in [0.5, 0.6) is 5.75 Å². The maximum atomic E-state index is 12.2. The largest absolute Gasteiger partial charge is 0.497 e. The van der Waals surface area contributed by atoms with E-state index < -0.39 is 11.9 Å². The minimum absolute atomic E-state index is 0.0943. The number of rotatable bonds is 7. The zero-order valence-corrected chi connectivity index (χ0v) is 16.2. The lowest BCUT2D eigenvalue weighted by Gasteiger charge is -2.15. The van der Waals surface area contributed by atoms with Crippen LogP contribution in [-0.4, -0.2) is 43.8 Å². The second kappa shape index (κ2) is 9.77. The highest BCUT2D eigenvalue weighted by Gasteiger charge is 2.25. The van der Waals surface area contributed by atoms with E-state index in [9.17, 15) is 9.59 Å². The minimum Gasteiger partial charge on any atom is -0.497 e. The topological polar surface area (TPSA) is 61.8 Å². The predicted octanol–water partition coefficient (Wildman–Crippen LogP) is 3.68. The molecule has 0 aliphatic carbocycles. The van der Waals surface area contributed by atoms with Gasteiger partial charge < -0.3 is 14.2 Å². The molecular weight excluding hydrogens is 360 g/mol. The smallest absolute Gasteiger partial charge is 0.345 e. The van der Waals surface area contributed by atoms with Gasteiger partial charge in [0.15, 0.2) is 0 Å². The van der Waals surface area contributed by atoms with E-state index in [2.05, 4.69) is 0 Å². The van der Waals surface area contributed by atoms with Gasteiger partial charge in [0, 0.05) is 11.5 Å². The molecule has 0 aromatic heterocycles. The molecule has 1 aliphatic heterocycles. The molecule has 0 N–H and O–H groups in total.